The van der Waals surface area contributed by atoms with Gasteiger partial charge in [0, 0.05) is 6.54 Å². The van der Waals surface area contributed by atoms with Crippen LogP contribution in [0.15, 0.2) is 24.3 Å². The van der Waals surface area contributed by atoms with Crippen molar-refractivity contribution in [3.05, 3.63) is 30.1 Å². The summed E-state index contributed by atoms with van der Waals surface area (Å²) in [6.45, 7) is 10.1. The second-order valence-corrected chi connectivity index (χ2v) is 6.15. The number of nitrogens with zero attached hydrogens (tertiary/aromatic N) is 2. The quantitative estimate of drug-likeness (QED) is 0.746. The number of alkyl halides is 1. The second kappa shape index (κ2) is 4.93. The average Bonchev–Trinajstić information content (AvgIpc) is 2.67. The van der Waals surface area contributed by atoms with Crippen molar-refractivity contribution in [3.8, 4) is 0 Å². The number of rotatable bonds is 4. The topological polar surface area (TPSA) is 17.8 Å². The molecule has 2 aromatic rings. The summed E-state index contributed by atoms with van der Waals surface area (Å²) in [5.41, 5.74) is 2.44. The molecule has 3 heteroatoms. The van der Waals surface area contributed by atoms with Gasteiger partial charge in [0.1, 0.15) is 5.82 Å². The summed E-state index contributed by atoms with van der Waals surface area (Å²) in [7, 11) is 0. The third-order valence-electron chi connectivity index (χ3n) is 3.98. The maximum Gasteiger partial charge on any atom is 0.124 e. The minimum Gasteiger partial charge on any atom is -0.326 e. The highest BCUT2D eigenvalue weighted by molar-refractivity contribution is 6.16. The van der Waals surface area contributed by atoms with Crippen molar-refractivity contribution in [1.82, 2.24) is 9.55 Å². The molecule has 0 radical (unpaired) electrons. The number of benzene rings is 1. The highest BCUT2D eigenvalue weighted by Gasteiger charge is 2.25. The van der Waals surface area contributed by atoms with Crippen molar-refractivity contribution in [2.45, 2.75) is 40.1 Å². The van der Waals surface area contributed by atoms with Crippen LogP contribution in [-0.4, -0.2) is 9.55 Å². The summed E-state index contributed by atoms with van der Waals surface area (Å²) in [5.74, 6) is 2.04. The Hall–Kier alpha value is -1.02. The largest absolute Gasteiger partial charge is 0.326 e. The molecule has 1 aromatic carbocycles. The van der Waals surface area contributed by atoms with Gasteiger partial charge in [0.05, 0.1) is 16.9 Å². The number of fused-ring (bicyclic) bond motifs is 1. The lowest BCUT2D eigenvalue weighted by Crippen LogP contribution is -2.26. The molecule has 1 aromatic heterocycles. The molecule has 0 unspecified atom stereocenters. The molecule has 0 aliphatic rings. The van der Waals surface area contributed by atoms with Gasteiger partial charge in [0.2, 0.25) is 0 Å². The molecule has 0 aliphatic carbocycles. The van der Waals surface area contributed by atoms with Crippen LogP contribution in [0.1, 0.15) is 33.5 Å². The van der Waals surface area contributed by atoms with Gasteiger partial charge < -0.3 is 4.57 Å². The third kappa shape index (κ3) is 2.39. The molecule has 0 atom stereocenters. The van der Waals surface area contributed by atoms with Gasteiger partial charge in [-0.15, -0.1) is 11.6 Å². The van der Waals surface area contributed by atoms with E-state index in [1.54, 1.807) is 0 Å². The summed E-state index contributed by atoms with van der Waals surface area (Å²) >= 11 is 6.03. The van der Waals surface area contributed by atoms with Crippen molar-refractivity contribution in [3.63, 3.8) is 0 Å². The van der Waals surface area contributed by atoms with Crippen LogP contribution < -0.4 is 0 Å². The molecule has 0 bridgehead atoms. The molecule has 1 heterocycles. The van der Waals surface area contributed by atoms with Crippen LogP contribution in [0.5, 0.6) is 0 Å². The number of aromatic nitrogens is 2. The van der Waals surface area contributed by atoms with E-state index in [0.717, 1.165) is 17.9 Å². The van der Waals surface area contributed by atoms with Gasteiger partial charge in [-0.3, -0.25) is 0 Å². The molecule has 0 aliphatic heterocycles. The van der Waals surface area contributed by atoms with Gasteiger partial charge in [0.15, 0.2) is 0 Å². The van der Waals surface area contributed by atoms with Crippen LogP contribution in [0.2, 0.25) is 0 Å². The highest BCUT2D eigenvalue weighted by Crippen LogP contribution is 2.30. The fourth-order valence-corrected chi connectivity index (χ4v) is 2.20. The van der Waals surface area contributed by atoms with Gasteiger partial charge in [-0.05, 0) is 23.5 Å². The highest BCUT2D eigenvalue weighted by atomic mass is 35.5. The van der Waals surface area contributed by atoms with E-state index in [-0.39, 0.29) is 5.41 Å². The molecule has 0 N–H and O–H groups in total. The fraction of sp³-hybridized carbons (Fsp3) is 0.533. The first-order valence-electron chi connectivity index (χ1n) is 6.46. The monoisotopic (exact) mass is 264 g/mol. The molecule has 0 saturated carbocycles. The lowest BCUT2D eigenvalue weighted by molar-refractivity contribution is 0.211. The lowest BCUT2D eigenvalue weighted by Gasteiger charge is -2.30. The van der Waals surface area contributed by atoms with Crippen molar-refractivity contribution < 1.29 is 0 Å². The zero-order valence-electron chi connectivity index (χ0n) is 11.6. The van der Waals surface area contributed by atoms with E-state index in [1.807, 2.05) is 12.1 Å². The Morgan fingerprint density at radius 2 is 1.94 bits per heavy atom. The molecule has 2 nitrogen and oxygen atoms in total. The van der Waals surface area contributed by atoms with Gasteiger partial charge in [0.25, 0.3) is 0 Å². The van der Waals surface area contributed by atoms with Crippen LogP contribution in [0.4, 0.5) is 0 Å². The van der Waals surface area contributed by atoms with E-state index in [0.29, 0.717) is 11.8 Å². The summed E-state index contributed by atoms with van der Waals surface area (Å²) in [5, 5.41) is 0. The Morgan fingerprint density at radius 1 is 1.28 bits per heavy atom. The van der Waals surface area contributed by atoms with Crippen LogP contribution in [0.3, 0.4) is 0 Å². The van der Waals surface area contributed by atoms with Crippen LogP contribution in [0, 0.1) is 11.3 Å². The molecule has 18 heavy (non-hydrogen) atoms. The zero-order chi connectivity index (χ0) is 13.3. The van der Waals surface area contributed by atoms with Gasteiger partial charge in [-0.2, -0.15) is 0 Å². The predicted octanol–water partition coefficient (Wildman–Crippen LogP) is 4.46. The zero-order valence-corrected chi connectivity index (χ0v) is 12.3. The van der Waals surface area contributed by atoms with Gasteiger partial charge >= 0.3 is 0 Å². The molecule has 0 amide bonds. The van der Waals surface area contributed by atoms with E-state index >= 15 is 0 Å². The summed E-state index contributed by atoms with van der Waals surface area (Å²) in [6, 6.07) is 8.24. The maximum atomic E-state index is 6.03. The molecular formula is C15H21ClN2. The molecule has 0 spiro atoms. The first-order chi connectivity index (χ1) is 8.45. The van der Waals surface area contributed by atoms with E-state index < -0.39 is 0 Å². The van der Waals surface area contributed by atoms with E-state index in [9.17, 15) is 0 Å². The lowest BCUT2D eigenvalue weighted by atomic mass is 9.81. The number of halogens is 1. The molecule has 0 fully saturated rings. The number of hydrogen-bond acceptors (Lipinski definition) is 1. The predicted molar refractivity (Wildman–Crippen MR) is 77.9 cm³/mol. The van der Waals surface area contributed by atoms with Crippen LogP contribution >= 0.6 is 11.6 Å². The van der Waals surface area contributed by atoms with Gasteiger partial charge in [-0.25, -0.2) is 4.98 Å². The standard InChI is InChI=1S/C15H21ClN2/c1-11(2)15(3,4)10-18-13-8-6-5-7-12(13)17-14(18)9-16/h5-8,11H,9-10H2,1-4H3. The van der Waals surface area contributed by atoms with Crippen LogP contribution in [0.25, 0.3) is 11.0 Å². The van der Waals surface area contributed by atoms with Crippen LogP contribution in [-0.2, 0) is 12.4 Å². The van der Waals surface area contributed by atoms with Crippen molar-refractivity contribution in [1.29, 1.82) is 0 Å². The third-order valence-corrected chi connectivity index (χ3v) is 4.22. The fourth-order valence-electron chi connectivity index (χ4n) is 1.99. The van der Waals surface area contributed by atoms with Crippen molar-refractivity contribution in [2.75, 3.05) is 0 Å². The minimum atomic E-state index is 0.226. The number of imidazole rings is 1. The Kier molecular flexibility index (Phi) is 3.67. The summed E-state index contributed by atoms with van der Waals surface area (Å²) in [6.07, 6.45) is 0. The second-order valence-electron chi connectivity index (χ2n) is 5.88. The Balaban J connectivity index is 2.49. The van der Waals surface area contributed by atoms with Crippen molar-refractivity contribution in [2.24, 2.45) is 11.3 Å². The maximum absolute atomic E-state index is 6.03. The van der Waals surface area contributed by atoms with Crippen molar-refractivity contribution >= 4 is 22.6 Å². The smallest absolute Gasteiger partial charge is 0.124 e. The molecular weight excluding hydrogens is 244 g/mol. The average molecular weight is 265 g/mol. The molecule has 98 valence electrons. The normalized spacial score (nSPS) is 12.6. The number of hydrogen-bond donors (Lipinski definition) is 0. The Bertz CT molecular complexity index is 540. The van der Waals surface area contributed by atoms with E-state index in [2.05, 4.69) is 49.4 Å². The van der Waals surface area contributed by atoms with E-state index in [1.165, 1.54) is 5.52 Å². The summed E-state index contributed by atoms with van der Waals surface area (Å²) in [4.78, 5) is 4.61. The Morgan fingerprint density at radius 3 is 2.56 bits per heavy atom. The molecule has 2 rings (SSSR count). The Labute approximate surface area is 114 Å². The SMILES string of the molecule is CC(C)C(C)(C)Cn1c(CCl)nc2ccccc21. The first-order valence-corrected chi connectivity index (χ1v) is 6.99. The van der Waals surface area contributed by atoms with E-state index in [4.69, 9.17) is 11.6 Å². The first kappa shape index (κ1) is 13.4. The number of para-hydroxylation sites is 2. The minimum absolute atomic E-state index is 0.226. The summed E-state index contributed by atoms with van der Waals surface area (Å²) < 4.78 is 2.27. The van der Waals surface area contributed by atoms with Gasteiger partial charge in [-0.1, -0.05) is 39.8 Å². The molecule has 0 saturated heterocycles.